The van der Waals surface area contributed by atoms with E-state index in [1.807, 2.05) is 0 Å². The highest BCUT2D eigenvalue weighted by molar-refractivity contribution is 8.00. The first-order valence-corrected chi connectivity index (χ1v) is 23.8. The summed E-state index contributed by atoms with van der Waals surface area (Å²) in [5.74, 6) is 2.61. The third kappa shape index (κ3) is 8.63. The molecule has 5 fully saturated rings. The number of amides is 1. The zero-order chi connectivity index (χ0) is 41.5. The number of thioether (sulfide) groups is 1. The fraction of sp³-hybridized carbons (Fsp3) is 0.652. The number of likely N-dealkylation sites (tertiary alicyclic amines) is 1. The van der Waals surface area contributed by atoms with Crippen molar-refractivity contribution in [1.82, 2.24) is 26.0 Å². The number of rotatable bonds is 8. The van der Waals surface area contributed by atoms with Crippen LogP contribution >= 0.6 is 23.4 Å². The molecule has 14 heteroatoms. The minimum absolute atomic E-state index is 0.0228. The third-order valence-corrected chi connectivity index (χ3v) is 16.6. The Morgan fingerprint density at radius 2 is 1.87 bits per heavy atom. The molecule has 9 unspecified atom stereocenters. The van der Waals surface area contributed by atoms with E-state index in [1.54, 1.807) is 18.2 Å². The van der Waals surface area contributed by atoms with Crippen molar-refractivity contribution in [2.75, 3.05) is 13.1 Å². The molecule has 1 amide bonds. The van der Waals surface area contributed by atoms with Gasteiger partial charge in [0.2, 0.25) is 5.91 Å². The maximum Gasteiger partial charge on any atom is 0.376 e. The number of aliphatic imine (C=N–C) groups is 1. The number of hydrogen-bond acceptors (Lipinski definition) is 11. The molecule has 9 rings (SSSR count). The zero-order valence-electron chi connectivity index (χ0n) is 35.5. The van der Waals surface area contributed by atoms with E-state index < -0.39 is 6.04 Å². The molecule has 2 aromatic rings. The SMILES string of the molecule is CC1SC2C(C(c3ccc(COC4CCC5(CCCN(C6=[N+]=NC(C(=O)NC7CCC(Oc8ccc(C#N)c(Cl)c8)CC7)CC6)C5)C4)cc3)=N[C@@H](C)C3NNC(C)N23)C1C. The van der Waals surface area contributed by atoms with Crippen LogP contribution in [0.3, 0.4) is 0 Å². The van der Waals surface area contributed by atoms with Crippen LogP contribution in [-0.4, -0.2) is 98.4 Å². The molecular formula is C46H61ClN9O3S+. The van der Waals surface area contributed by atoms with E-state index in [0.717, 1.165) is 70.3 Å². The lowest BCUT2D eigenvalue weighted by atomic mass is 9.78. The largest absolute Gasteiger partial charge is 0.490 e. The highest BCUT2D eigenvalue weighted by atomic mass is 35.5. The second-order valence-corrected chi connectivity index (χ2v) is 20.6. The number of nitriles is 1. The second-order valence-electron chi connectivity index (χ2n) is 18.7. The molecule has 12 nitrogen and oxygen atoms in total. The van der Waals surface area contributed by atoms with Gasteiger partial charge >= 0.3 is 5.84 Å². The van der Waals surface area contributed by atoms with Crippen LogP contribution in [0, 0.1) is 28.6 Å². The minimum Gasteiger partial charge on any atom is -0.490 e. The Hall–Kier alpha value is -3.47. The van der Waals surface area contributed by atoms with Crippen molar-refractivity contribution in [2.45, 2.75) is 158 Å². The van der Waals surface area contributed by atoms with E-state index in [-0.39, 0.29) is 47.9 Å². The summed E-state index contributed by atoms with van der Waals surface area (Å²) in [7, 11) is 0. The van der Waals surface area contributed by atoms with Crippen LogP contribution in [0.5, 0.6) is 5.75 Å². The molecule has 320 valence electrons. The van der Waals surface area contributed by atoms with Crippen LogP contribution in [0.4, 0.5) is 0 Å². The highest BCUT2D eigenvalue weighted by Gasteiger charge is 2.52. The molecular weight excluding hydrogens is 794 g/mol. The first kappa shape index (κ1) is 41.9. The Morgan fingerprint density at radius 3 is 2.62 bits per heavy atom. The molecule has 5 aliphatic heterocycles. The summed E-state index contributed by atoms with van der Waals surface area (Å²) in [4.78, 5) is 28.4. The lowest BCUT2D eigenvalue weighted by molar-refractivity contribution is -0.145. The van der Waals surface area contributed by atoms with Gasteiger partial charge in [0.25, 0.3) is 0 Å². The Morgan fingerprint density at radius 1 is 1.05 bits per heavy atom. The van der Waals surface area contributed by atoms with Crippen LogP contribution in [0.25, 0.3) is 0 Å². The fourth-order valence-corrected chi connectivity index (χ4v) is 13.1. The molecule has 2 aromatic carbocycles. The zero-order valence-corrected chi connectivity index (χ0v) is 37.1. The Bertz CT molecular complexity index is 2050. The van der Waals surface area contributed by atoms with Crippen LogP contribution in [0.1, 0.15) is 115 Å². The molecule has 60 heavy (non-hydrogen) atoms. The summed E-state index contributed by atoms with van der Waals surface area (Å²) >= 11 is 8.29. The summed E-state index contributed by atoms with van der Waals surface area (Å²) in [6.07, 6.45) is 11.3. The van der Waals surface area contributed by atoms with Gasteiger partial charge in [-0.25, -0.2) is 15.8 Å². The average molecular weight is 856 g/mol. The molecule has 2 saturated carbocycles. The quantitative estimate of drug-likeness (QED) is 0.238. The van der Waals surface area contributed by atoms with Crippen molar-refractivity contribution in [2.24, 2.45) is 27.4 Å². The first-order valence-electron chi connectivity index (χ1n) is 22.5. The Balaban J connectivity index is 0.747. The summed E-state index contributed by atoms with van der Waals surface area (Å²) in [6.45, 7) is 11.9. The van der Waals surface area contributed by atoms with Crippen LogP contribution < -0.4 is 20.9 Å². The van der Waals surface area contributed by atoms with Gasteiger partial charge in [0, 0.05) is 34.4 Å². The van der Waals surface area contributed by atoms with Crippen LogP contribution in [0.15, 0.2) is 52.6 Å². The second kappa shape index (κ2) is 17.7. The van der Waals surface area contributed by atoms with Crippen molar-refractivity contribution in [3.63, 3.8) is 0 Å². The molecule has 0 radical (unpaired) electrons. The number of carbonyl (C=O) groups excluding carboxylic acids is 1. The number of piperidine rings is 1. The van der Waals surface area contributed by atoms with Crippen molar-refractivity contribution in [1.29, 1.82) is 5.26 Å². The molecule has 7 aliphatic rings. The van der Waals surface area contributed by atoms with E-state index in [1.165, 1.54) is 29.7 Å². The molecule has 1 spiro atoms. The van der Waals surface area contributed by atoms with Gasteiger partial charge in [-0.05, 0) is 112 Å². The lowest BCUT2D eigenvalue weighted by Crippen LogP contribution is -2.49. The van der Waals surface area contributed by atoms with Crippen LogP contribution in [0.2, 0.25) is 5.02 Å². The topological polar surface area (TPSA) is 141 Å². The maximum absolute atomic E-state index is 13.3. The molecule has 3 N–H and O–H groups in total. The average Bonchev–Trinajstić information content (AvgIpc) is 3.91. The highest BCUT2D eigenvalue weighted by Crippen LogP contribution is 2.49. The first-order chi connectivity index (χ1) is 29.1. The predicted molar refractivity (Wildman–Crippen MR) is 235 cm³/mol. The number of halogens is 1. The van der Waals surface area contributed by atoms with Gasteiger partial charge < -0.3 is 14.8 Å². The van der Waals surface area contributed by atoms with Gasteiger partial charge in [-0.1, -0.05) is 54.5 Å². The molecule has 10 atom stereocenters. The van der Waals surface area contributed by atoms with Crippen LogP contribution in [-0.2, 0) is 16.1 Å². The normalized spacial score (nSPS) is 36.5. The number of fused-ring (bicyclic) bond motifs is 3. The predicted octanol–water partition coefficient (Wildman–Crippen LogP) is 7.08. The van der Waals surface area contributed by atoms with E-state index in [4.69, 9.17) is 31.3 Å². The maximum atomic E-state index is 13.3. The molecule has 0 bridgehead atoms. The third-order valence-electron chi connectivity index (χ3n) is 14.6. The van der Waals surface area contributed by atoms with Gasteiger partial charge in [-0.15, -0.1) is 11.8 Å². The number of ether oxygens (including phenoxy) is 2. The summed E-state index contributed by atoms with van der Waals surface area (Å²) in [5.41, 5.74) is 11.4. The number of hydrazine groups is 1. The van der Waals surface area contributed by atoms with Gasteiger partial charge in [0.1, 0.15) is 11.8 Å². The molecule has 3 saturated heterocycles. The van der Waals surface area contributed by atoms with E-state index in [0.29, 0.717) is 51.8 Å². The number of benzene rings is 2. The van der Waals surface area contributed by atoms with Gasteiger partial charge in [-0.2, -0.15) is 5.26 Å². The van der Waals surface area contributed by atoms with Gasteiger partial charge in [0.15, 0.2) is 6.04 Å². The van der Waals surface area contributed by atoms with Crippen molar-refractivity contribution in [3.8, 4) is 11.8 Å². The molecule has 2 aliphatic carbocycles. The number of nitrogens with zero attached hydrogens (tertiary/aromatic N) is 6. The van der Waals surface area contributed by atoms with E-state index in [9.17, 15) is 4.79 Å². The fourth-order valence-electron chi connectivity index (χ4n) is 11.1. The number of hydrogen-bond donors (Lipinski definition) is 3. The lowest BCUT2D eigenvalue weighted by Gasteiger charge is -2.36. The summed E-state index contributed by atoms with van der Waals surface area (Å²) < 4.78 is 12.8. The van der Waals surface area contributed by atoms with Gasteiger partial charge in [0.05, 0.1) is 72.7 Å². The van der Waals surface area contributed by atoms with Crippen molar-refractivity contribution < 1.29 is 19.1 Å². The van der Waals surface area contributed by atoms with Gasteiger partial charge in [-0.3, -0.25) is 14.7 Å². The van der Waals surface area contributed by atoms with Crippen molar-refractivity contribution in [3.05, 3.63) is 64.2 Å². The monoisotopic (exact) mass is 854 g/mol. The summed E-state index contributed by atoms with van der Waals surface area (Å²) in [5, 5.41) is 18.3. The minimum atomic E-state index is -0.438. The summed E-state index contributed by atoms with van der Waals surface area (Å²) in [6, 6.07) is 16.2. The molecule has 5 heterocycles. The number of nitrogens with one attached hydrogen (secondary N) is 3. The Labute approximate surface area is 364 Å². The smallest absolute Gasteiger partial charge is 0.376 e. The standard InChI is InChI=1S/C46H60ClN9O3S/c1-27-29(3)60-45-41(27)42(49-28(2)43-54-51-30(4)56(43)45)32-8-6-31(7-9-32)25-58-37-18-20-46(23-37)19-5-21-55(26-46)40-17-16-39(52-53-40)44(57)50-34-11-14-35(15-12-34)59-36-13-10-33(24-48)38(47)22-36/h6-10,13,22,27-30,34-35,37,39,41,43,45,52H,5,11-12,14-21,23,25-26H2,1-4H3,(H,50,57)/p+1/t27?,28-,29?,30?,34?,35?,37?,39?,41?,43?,45?,46?/m0/s1. The number of amidine groups is 1. The van der Waals surface area contributed by atoms with Crippen molar-refractivity contribution >= 4 is 40.8 Å². The molecule has 0 aromatic heterocycles. The Kier molecular flexibility index (Phi) is 12.4. The van der Waals surface area contributed by atoms with E-state index in [2.05, 4.69) is 106 Å². The number of carbonyl (C=O) groups is 1. The van der Waals surface area contributed by atoms with E-state index >= 15 is 0 Å².